The Morgan fingerprint density at radius 1 is 1.10 bits per heavy atom. The summed E-state index contributed by atoms with van der Waals surface area (Å²) in [6.45, 7) is 3.07. The van der Waals surface area contributed by atoms with E-state index in [2.05, 4.69) is 9.88 Å². The number of anilines is 1. The van der Waals surface area contributed by atoms with E-state index in [0.29, 0.717) is 18.8 Å². The largest absolute Gasteiger partial charge is 0.485 e. The van der Waals surface area contributed by atoms with Crippen molar-refractivity contribution in [2.75, 3.05) is 18.0 Å². The Kier molecular flexibility index (Phi) is 4.42. The molecule has 2 aliphatic rings. The number of aliphatic hydroxyl groups excluding tert-OH is 1. The number of aryl methyl sites for hydroxylation is 1. The maximum absolute atomic E-state index is 14.2. The minimum atomic E-state index is -0.997. The zero-order chi connectivity index (χ0) is 20.1. The van der Waals surface area contributed by atoms with Gasteiger partial charge in [0.05, 0.1) is 17.8 Å². The van der Waals surface area contributed by atoms with Crippen molar-refractivity contribution in [2.45, 2.75) is 32.0 Å². The second-order valence-corrected chi connectivity index (χ2v) is 8.10. The number of aliphatic hydroxyl groups is 1. The van der Waals surface area contributed by atoms with Gasteiger partial charge in [-0.25, -0.2) is 9.37 Å². The summed E-state index contributed by atoms with van der Waals surface area (Å²) in [6, 6.07) is 6.66. The lowest BCUT2D eigenvalue weighted by Gasteiger charge is -2.35. The fraction of sp³-hybridized carbons (Fsp3) is 0.409. The van der Waals surface area contributed by atoms with Crippen LogP contribution in [0.3, 0.4) is 0 Å². The number of rotatable bonds is 3. The monoisotopic (exact) mass is 400 g/mol. The molecule has 5 rings (SSSR count). The van der Waals surface area contributed by atoms with Gasteiger partial charge in [0.1, 0.15) is 17.5 Å². The molecule has 0 spiro atoms. The minimum Gasteiger partial charge on any atom is -0.485 e. The maximum atomic E-state index is 14.2. The molecule has 1 aromatic carbocycles. The number of hydrogen-bond donors (Lipinski definition) is 1. The summed E-state index contributed by atoms with van der Waals surface area (Å²) in [5.41, 5.74) is 1.02. The first-order valence-corrected chi connectivity index (χ1v) is 9.87. The lowest BCUT2D eigenvalue weighted by Crippen LogP contribution is -2.42. The molecule has 0 amide bonds. The standard InChI is InChI=1S/C22H22F2N2O3/c1-12-2-3-18(21(24)20(12)23)29-19-9-14-11-26(10-13(14)8-16(19)27)22-15-5-7-28-17(15)4-6-25-22/h2-7,13-14,16,19,27H,8-11H2,1H3/t13-,14+,16+,19+/m0/s1. The van der Waals surface area contributed by atoms with Crippen LogP contribution < -0.4 is 9.64 Å². The molecule has 5 nitrogen and oxygen atoms in total. The zero-order valence-electron chi connectivity index (χ0n) is 16.0. The van der Waals surface area contributed by atoms with E-state index in [0.717, 1.165) is 29.9 Å². The lowest BCUT2D eigenvalue weighted by atomic mass is 9.78. The number of aromatic nitrogens is 1. The zero-order valence-corrected chi connectivity index (χ0v) is 16.0. The van der Waals surface area contributed by atoms with Gasteiger partial charge in [-0.3, -0.25) is 0 Å². The Hall–Kier alpha value is -2.67. The number of furan rings is 1. The summed E-state index contributed by atoms with van der Waals surface area (Å²) in [6.07, 6.45) is 3.24. The van der Waals surface area contributed by atoms with Crippen LogP contribution in [0, 0.1) is 30.4 Å². The fourth-order valence-electron chi connectivity index (χ4n) is 4.70. The van der Waals surface area contributed by atoms with E-state index < -0.39 is 23.8 Å². The first-order chi connectivity index (χ1) is 14.0. The quantitative estimate of drug-likeness (QED) is 0.718. The fourth-order valence-corrected chi connectivity index (χ4v) is 4.70. The van der Waals surface area contributed by atoms with E-state index in [1.54, 1.807) is 12.5 Å². The smallest absolute Gasteiger partial charge is 0.200 e. The molecule has 0 unspecified atom stereocenters. The molecule has 7 heteroatoms. The Bertz CT molecular complexity index is 1050. The summed E-state index contributed by atoms with van der Waals surface area (Å²) in [7, 11) is 0. The molecule has 0 radical (unpaired) electrons. The van der Waals surface area contributed by atoms with Gasteiger partial charge in [0.2, 0.25) is 5.82 Å². The topological polar surface area (TPSA) is 58.7 Å². The molecular weight excluding hydrogens is 378 g/mol. The second kappa shape index (κ2) is 6.99. The van der Waals surface area contributed by atoms with Crippen molar-refractivity contribution >= 4 is 16.8 Å². The van der Waals surface area contributed by atoms with Crippen molar-refractivity contribution in [2.24, 2.45) is 11.8 Å². The lowest BCUT2D eigenvalue weighted by molar-refractivity contribution is -0.0249. The van der Waals surface area contributed by atoms with Gasteiger partial charge in [-0.2, -0.15) is 4.39 Å². The highest BCUT2D eigenvalue weighted by molar-refractivity contribution is 5.88. The van der Waals surface area contributed by atoms with Gasteiger partial charge in [-0.05, 0) is 55.4 Å². The molecule has 1 saturated heterocycles. The third-order valence-corrected chi connectivity index (χ3v) is 6.26. The van der Waals surface area contributed by atoms with Crippen LogP contribution in [0.1, 0.15) is 18.4 Å². The van der Waals surface area contributed by atoms with Gasteiger partial charge >= 0.3 is 0 Å². The summed E-state index contributed by atoms with van der Waals surface area (Å²) >= 11 is 0. The number of hydrogen-bond acceptors (Lipinski definition) is 5. The molecule has 3 heterocycles. The van der Waals surface area contributed by atoms with Crippen molar-refractivity contribution in [1.29, 1.82) is 0 Å². The predicted molar refractivity (Wildman–Crippen MR) is 104 cm³/mol. The summed E-state index contributed by atoms with van der Waals surface area (Å²) in [4.78, 5) is 6.75. The van der Waals surface area contributed by atoms with E-state index >= 15 is 0 Å². The van der Waals surface area contributed by atoms with Gasteiger partial charge in [-0.15, -0.1) is 0 Å². The molecule has 3 aromatic rings. The van der Waals surface area contributed by atoms with Crippen LogP contribution in [0.15, 0.2) is 41.1 Å². The SMILES string of the molecule is Cc1ccc(O[C@@H]2C[C@@H]3CN(c4nccc5occc45)C[C@@H]3C[C@H]2O)c(F)c1F. The Balaban J connectivity index is 1.34. The normalized spacial score (nSPS) is 26.7. The van der Waals surface area contributed by atoms with Crippen molar-refractivity contribution < 1.29 is 23.0 Å². The Morgan fingerprint density at radius 2 is 1.90 bits per heavy atom. The van der Waals surface area contributed by atoms with E-state index in [1.807, 2.05) is 12.1 Å². The molecule has 0 bridgehead atoms. The molecular formula is C22H22F2N2O3. The highest BCUT2D eigenvalue weighted by atomic mass is 19.2. The summed E-state index contributed by atoms with van der Waals surface area (Å²) in [5.74, 6) is -0.584. The number of fused-ring (bicyclic) bond motifs is 2. The average molecular weight is 400 g/mol. The first-order valence-electron chi connectivity index (χ1n) is 9.87. The molecule has 1 saturated carbocycles. The van der Waals surface area contributed by atoms with Crippen LogP contribution >= 0.6 is 0 Å². The third kappa shape index (κ3) is 3.13. The minimum absolute atomic E-state index is 0.143. The Labute approximate surface area is 166 Å². The molecule has 1 aliphatic carbocycles. The second-order valence-electron chi connectivity index (χ2n) is 8.10. The first kappa shape index (κ1) is 18.4. The van der Waals surface area contributed by atoms with Gasteiger partial charge in [0.15, 0.2) is 11.6 Å². The summed E-state index contributed by atoms with van der Waals surface area (Å²) < 4.78 is 39.3. The highest BCUT2D eigenvalue weighted by Crippen LogP contribution is 2.41. The van der Waals surface area contributed by atoms with Gasteiger partial charge in [-0.1, -0.05) is 6.07 Å². The number of halogens is 2. The van der Waals surface area contributed by atoms with E-state index in [1.165, 1.54) is 19.1 Å². The van der Waals surface area contributed by atoms with Gasteiger partial charge in [0, 0.05) is 19.3 Å². The predicted octanol–water partition coefficient (Wildman–Crippen LogP) is 4.07. The molecule has 2 fully saturated rings. The van der Waals surface area contributed by atoms with Crippen LogP contribution in [0.4, 0.5) is 14.6 Å². The summed E-state index contributed by atoms with van der Waals surface area (Å²) in [5, 5.41) is 11.6. The van der Waals surface area contributed by atoms with E-state index in [4.69, 9.17) is 9.15 Å². The number of ether oxygens (including phenoxy) is 1. The van der Waals surface area contributed by atoms with Crippen LogP contribution in [0.25, 0.3) is 11.0 Å². The molecule has 152 valence electrons. The van der Waals surface area contributed by atoms with E-state index in [9.17, 15) is 13.9 Å². The molecule has 29 heavy (non-hydrogen) atoms. The van der Waals surface area contributed by atoms with Crippen molar-refractivity contribution in [3.8, 4) is 5.75 Å². The molecule has 2 aromatic heterocycles. The van der Waals surface area contributed by atoms with E-state index in [-0.39, 0.29) is 17.2 Å². The van der Waals surface area contributed by atoms with Crippen molar-refractivity contribution in [1.82, 2.24) is 4.98 Å². The molecule has 1 aliphatic heterocycles. The van der Waals surface area contributed by atoms with Gasteiger partial charge < -0.3 is 19.2 Å². The number of benzene rings is 1. The number of nitrogens with zero attached hydrogens (tertiary/aromatic N) is 2. The Morgan fingerprint density at radius 3 is 2.72 bits per heavy atom. The maximum Gasteiger partial charge on any atom is 0.200 e. The van der Waals surface area contributed by atoms with Crippen molar-refractivity contribution in [3.63, 3.8) is 0 Å². The van der Waals surface area contributed by atoms with Gasteiger partial charge in [0.25, 0.3) is 0 Å². The van der Waals surface area contributed by atoms with Crippen LogP contribution in [-0.2, 0) is 0 Å². The number of pyridine rings is 1. The van der Waals surface area contributed by atoms with Crippen LogP contribution in [-0.4, -0.2) is 35.4 Å². The van der Waals surface area contributed by atoms with Crippen molar-refractivity contribution in [3.05, 3.63) is 53.9 Å². The van der Waals surface area contributed by atoms with Crippen LogP contribution in [0.2, 0.25) is 0 Å². The third-order valence-electron chi connectivity index (χ3n) is 6.26. The highest BCUT2D eigenvalue weighted by Gasteiger charge is 2.43. The average Bonchev–Trinajstić information content (AvgIpc) is 3.35. The molecule has 1 N–H and O–H groups in total. The molecule has 4 atom stereocenters. The van der Waals surface area contributed by atoms with Crippen LogP contribution in [0.5, 0.6) is 5.75 Å².